The van der Waals surface area contributed by atoms with Crippen LogP contribution in [0.3, 0.4) is 0 Å². The monoisotopic (exact) mass is 388 g/mol. The van der Waals surface area contributed by atoms with Gasteiger partial charge in [0.1, 0.15) is 11.1 Å². The standard InChI is InChI=1S/C17H32N4O6/c18-12(22)10-16(20,14(24)25)8-6-4-2-1-3-5-7-9-17(21,15(26)27)11-13(19)23/h1-11,20-21H2,(H2,18,22)(H2,19,23)(H,24,25)(H,26,27)/t16-,17-/m0/s1. The van der Waals surface area contributed by atoms with E-state index >= 15 is 0 Å². The first-order valence-corrected chi connectivity index (χ1v) is 9.04. The number of carbonyl (C=O) groups excluding carboxylic acids is 2. The molecule has 10 nitrogen and oxygen atoms in total. The molecule has 0 aliphatic carbocycles. The molecule has 0 saturated heterocycles. The lowest BCUT2D eigenvalue weighted by Gasteiger charge is -2.23. The number of carboxylic acid groups (broad SMARTS) is 2. The summed E-state index contributed by atoms with van der Waals surface area (Å²) < 4.78 is 0. The third kappa shape index (κ3) is 9.90. The van der Waals surface area contributed by atoms with Crippen LogP contribution in [-0.2, 0) is 19.2 Å². The Morgan fingerprint density at radius 3 is 1.07 bits per heavy atom. The number of unbranched alkanes of at least 4 members (excludes halogenated alkanes) is 6. The molecule has 0 heterocycles. The number of aliphatic carboxylic acids is 2. The molecule has 0 unspecified atom stereocenters. The number of hydrogen-bond donors (Lipinski definition) is 6. The zero-order chi connectivity index (χ0) is 21.1. The minimum atomic E-state index is -1.62. The van der Waals surface area contributed by atoms with Crippen molar-refractivity contribution >= 4 is 23.8 Å². The zero-order valence-electron chi connectivity index (χ0n) is 15.6. The van der Waals surface area contributed by atoms with Crippen molar-refractivity contribution in [2.75, 3.05) is 0 Å². The van der Waals surface area contributed by atoms with Gasteiger partial charge in [0.05, 0.1) is 12.8 Å². The fourth-order valence-corrected chi connectivity index (χ4v) is 2.93. The lowest BCUT2D eigenvalue weighted by atomic mass is 9.88. The first kappa shape index (κ1) is 24.8. The Morgan fingerprint density at radius 1 is 0.593 bits per heavy atom. The lowest BCUT2D eigenvalue weighted by Crippen LogP contribution is -2.50. The Kier molecular flexibility index (Phi) is 10.6. The van der Waals surface area contributed by atoms with Gasteiger partial charge in [0.2, 0.25) is 11.8 Å². The molecule has 2 amide bonds. The molecule has 0 aromatic carbocycles. The van der Waals surface area contributed by atoms with Crippen molar-refractivity contribution in [3.8, 4) is 0 Å². The van der Waals surface area contributed by atoms with Crippen LogP contribution in [-0.4, -0.2) is 45.0 Å². The van der Waals surface area contributed by atoms with Gasteiger partial charge in [-0.15, -0.1) is 0 Å². The summed E-state index contributed by atoms with van der Waals surface area (Å²) in [4.78, 5) is 44.2. The Hall–Kier alpha value is -2.20. The van der Waals surface area contributed by atoms with Crippen LogP contribution >= 0.6 is 0 Å². The van der Waals surface area contributed by atoms with Crippen molar-refractivity contribution in [3.63, 3.8) is 0 Å². The predicted molar refractivity (Wildman–Crippen MR) is 98.3 cm³/mol. The summed E-state index contributed by atoms with van der Waals surface area (Å²) in [6.07, 6.45) is 4.85. The van der Waals surface area contributed by atoms with Gasteiger partial charge in [-0.2, -0.15) is 0 Å². The first-order valence-electron chi connectivity index (χ1n) is 9.04. The van der Waals surface area contributed by atoms with Crippen molar-refractivity contribution in [3.05, 3.63) is 0 Å². The Labute approximate surface area is 158 Å². The highest BCUT2D eigenvalue weighted by molar-refractivity contribution is 5.87. The Balaban J connectivity index is 3.98. The number of nitrogens with two attached hydrogens (primary N) is 4. The molecule has 0 saturated carbocycles. The summed E-state index contributed by atoms with van der Waals surface area (Å²) in [5.74, 6) is -3.95. The number of rotatable bonds is 16. The molecule has 0 rings (SSSR count). The van der Waals surface area contributed by atoms with Gasteiger partial charge in [0.15, 0.2) is 0 Å². The second-order valence-corrected chi connectivity index (χ2v) is 7.18. The molecule has 2 atom stereocenters. The largest absolute Gasteiger partial charge is 0.480 e. The molecule has 0 aliphatic heterocycles. The van der Waals surface area contributed by atoms with Crippen LogP contribution in [0.2, 0.25) is 0 Å². The second kappa shape index (κ2) is 11.5. The van der Waals surface area contributed by atoms with Gasteiger partial charge in [-0.05, 0) is 12.8 Å². The number of primary amides is 2. The van der Waals surface area contributed by atoms with Gasteiger partial charge in [0, 0.05) is 0 Å². The molecule has 10 heteroatoms. The van der Waals surface area contributed by atoms with E-state index < -0.39 is 47.7 Å². The van der Waals surface area contributed by atoms with Crippen LogP contribution in [0.5, 0.6) is 0 Å². The number of amides is 2. The average Bonchev–Trinajstić information content (AvgIpc) is 2.51. The van der Waals surface area contributed by atoms with E-state index in [0.29, 0.717) is 12.8 Å². The minimum absolute atomic E-state index is 0.173. The van der Waals surface area contributed by atoms with Crippen molar-refractivity contribution < 1.29 is 29.4 Å². The van der Waals surface area contributed by atoms with Crippen LogP contribution in [0.15, 0.2) is 0 Å². The zero-order valence-corrected chi connectivity index (χ0v) is 15.6. The molecule has 0 radical (unpaired) electrons. The summed E-state index contributed by atoms with van der Waals surface area (Å²) in [5.41, 5.74) is 18.3. The van der Waals surface area contributed by atoms with Gasteiger partial charge in [0.25, 0.3) is 0 Å². The van der Waals surface area contributed by atoms with Gasteiger partial charge < -0.3 is 33.1 Å². The van der Waals surface area contributed by atoms with Crippen molar-refractivity contribution in [1.29, 1.82) is 0 Å². The highest BCUT2D eigenvalue weighted by atomic mass is 16.4. The van der Waals surface area contributed by atoms with Gasteiger partial charge >= 0.3 is 11.9 Å². The van der Waals surface area contributed by atoms with Crippen LogP contribution in [0, 0.1) is 0 Å². The van der Waals surface area contributed by atoms with Crippen molar-refractivity contribution in [2.24, 2.45) is 22.9 Å². The second-order valence-electron chi connectivity index (χ2n) is 7.18. The SMILES string of the molecule is NC(=O)C[C@@](N)(CCCCCCCCC[C@](N)(CC(N)=O)C(=O)O)C(=O)O. The van der Waals surface area contributed by atoms with Crippen LogP contribution in [0.1, 0.15) is 70.6 Å². The quantitative estimate of drug-likeness (QED) is 0.194. The molecule has 27 heavy (non-hydrogen) atoms. The number of hydrogen-bond acceptors (Lipinski definition) is 6. The summed E-state index contributed by atoms with van der Waals surface area (Å²) in [7, 11) is 0. The Bertz CT molecular complexity index is 496. The van der Waals surface area contributed by atoms with Crippen molar-refractivity contribution in [1.82, 2.24) is 0 Å². The van der Waals surface area contributed by atoms with Crippen LogP contribution < -0.4 is 22.9 Å². The molecular formula is C17H32N4O6. The Morgan fingerprint density at radius 2 is 0.852 bits per heavy atom. The number of carboxylic acids is 2. The molecule has 0 aromatic rings. The van der Waals surface area contributed by atoms with E-state index in [1.165, 1.54) is 0 Å². The van der Waals surface area contributed by atoms with E-state index in [9.17, 15) is 19.2 Å². The molecule has 156 valence electrons. The third-order valence-electron chi connectivity index (χ3n) is 4.58. The van der Waals surface area contributed by atoms with E-state index in [4.69, 9.17) is 33.1 Å². The van der Waals surface area contributed by atoms with Gasteiger partial charge in [-0.25, -0.2) is 0 Å². The molecular weight excluding hydrogens is 356 g/mol. The van der Waals surface area contributed by atoms with E-state index in [0.717, 1.165) is 32.1 Å². The van der Waals surface area contributed by atoms with Crippen LogP contribution in [0.25, 0.3) is 0 Å². The smallest absolute Gasteiger partial charge is 0.324 e. The summed E-state index contributed by atoms with van der Waals surface area (Å²) in [5, 5.41) is 18.3. The molecule has 0 fully saturated rings. The topological polar surface area (TPSA) is 213 Å². The maximum atomic E-state index is 11.2. The fraction of sp³-hybridized carbons (Fsp3) is 0.765. The van der Waals surface area contributed by atoms with E-state index in [-0.39, 0.29) is 12.8 Å². The van der Waals surface area contributed by atoms with Crippen LogP contribution in [0.4, 0.5) is 0 Å². The number of carbonyl (C=O) groups is 4. The fourth-order valence-electron chi connectivity index (χ4n) is 2.93. The van der Waals surface area contributed by atoms with E-state index in [1.54, 1.807) is 0 Å². The maximum Gasteiger partial charge on any atom is 0.324 e. The minimum Gasteiger partial charge on any atom is -0.480 e. The lowest BCUT2D eigenvalue weighted by molar-refractivity contribution is -0.146. The molecule has 10 N–H and O–H groups in total. The summed E-state index contributed by atoms with van der Waals surface area (Å²) >= 11 is 0. The summed E-state index contributed by atoms with van der Waals surface area (Å²) in [6.45, 7) is 0. The van der Waals surface area contributed by atoms with Gasteiger partial charge in [-0.3, -0.25) is 19.2 Å². The first-order chi connectivity index (χ1) is 12.4. The highest BCUT2D eigenvalue weighted by Gasteiger charge is 2.35. The van der Waals surface area contributed by atoms with E-state index in [2.05, 4.69) is 0 Å². The predicted octanol–water partition coefficient (Wildman–Crippen LogP) is -0.188. The molecule has 0 bridgehead atoms. The average molecular weight is 388 g/mol. The van der Waals surface area contributed by atoms with E-state index in [1.807, 2.05) is 0 Å². The maximum absolute atomic E-state index is 11.2. The van der Waals surface area contributed by atoms with Crippen molar-refractivity contribution in [2.45, 2.75) is 81.7 Å². The third-order valence-corrected chi connectivity index (χ3v) is 4.58. The molecule has 0 aliphatic rings. The normalized spacial score (nSPS) is 15.5. The molecule has 0 spiro atoms. The molecule has 0 aromatic heterocycles. The highest BCUT2D eigenvalue weighted by Crippen LogP contribution is 2.20. The summed E-state index contributed by atoms with van der Waals surface area (Å²) in [6, 6.07) is 0. The van der Waals surface area contributed by atoms with Gasteiger partial charge in [-0.1, -0.05) is 44.9 Å².